The van der Waals surface area contributed by atoms with Gasteiger partial charge in [0.25, 0.3) is 0 Å². The average Bonchev–Trinajstić information content (AvgIpc) is 3.80. The van der Waals surface area contributed by atoms with Gasteiger partial charge in [0.2, 0.25) is 0 Å². The molecule has 0 aliphatic rings. The van der Waals surface area contributed by atoms with E-state index in [1.54, 1.807) is 0 Å². The third-order valence-corrected chi connectivity index (χ3v) is 11.4. The van der Waals surface area contributed by atoms with Crippen LogP contribution < -0.4 is 4.90 Å². The van der Waals surface area contributed by atoms with Crippen LogP contribution in [0.4, 0.5) is 17.1 Å². The molecule has 0 unspecified atom stereocenters. The molecule has 0 amide bonds. The van der Waals surface area contributed by atoms with Gasteiger partial charge in [-0.15, -0.1) is 22.7 Å². The normalized spacial score (nSPS) is 11.9. The Hall–Kier alpha value is -5.42. The molecule has 10 aromatic rings. The summed E-state index contributed by atoms with van der Waals surface area (Å²) in [7, 11) is 0. The van der Waals surface area contributed by atoms with Crippen molar-refractivity contribution in [2.75, 3.05) is 4.90 Å². The number of hydrogen-bond acceptors (Lipinski definition) is 4. The Bertz CT molecular complexity index is 2750. The maximum absolute atomic E-state index is 6.59. The number of thiophene rings is 2. The van der Waals surface area contributed by atoms with Crippen LogP contribution in [-0.4, -0.2) is 0 Å². The summed E-state index contributed by atoms with van der Waals surface area (Å²) in [5.74, 6) is 0. The van der Waals surface area contributed by atoms with E-state index >= 15 is 0 Å². The Morgan fingerprint density at radius 1 is 0.435 bits per heavy atom. The number of furan rings is 1. The van der Waals surface area contributed by atoms with Gasteiger partial charge in [-0.1, -0.05) is 103 Å². The fourth-order valence-corrected chi connectivity index (χ4v) is 9.28. The van der Waals surface area contributed by atoms with E-state index in [1.807, 2.05) is 22.7 Å². The molecular weight excluding hydrogens is 599 g/mol. The number of nitrogens with zero attached hydrogens (tertiary/aromatic N) is 1. The minimum absolute atomic E-state index is 0.916. The molecule has 0 aliphatic heterocycles. The van der Waals surface area contributed by atoms with Crippen LogP contribution in [-0.2, 0) is 0 Å². The lowest BCUT2D eigenvalue weighted by Gasteiger charge is -2.27. The van der Waals surface area contributed by atoms with Crippen LogP contribution in [0.5, 0.6) is 0 Å². The second-order valence-electron chi connectivity index (χ2n) is 11.7. The molecule has 4 heteroatoms. The van der Waals surface area contributed by atoms with Gasteiger partial charge in [-0.3, -0.25) is 0 Å². The topological polar surface area (TPSA) is 16.4 Å². The van der Waals surface area contributed by atoms with Crippen molar-refractivity contribution in [2.24, 2.45) is 0 Å². The van der Waals surface area contributed by atoms with Crippen molar-refractivity contribution in [1.82, 2.24) is 0 Å². The van der Waals surface area contributed by atoms with Crippen LogP contribution in [0.3, 0.4) is 0 Å². The van der Waals surface area contributed by atoms with Gasteiger partial charge in [0.15, 0.2) is 5.58 Å². The van der Waals surface area contributed by atoms with Crippen molar-refractivity contribution in [2.45, 2.75) is 0 Å². The molecule has 0 saturated heterocycles. The highest BCUT2D eigenvalue weighted by molar-refractivity contribution is 7.27. The van der Waals surface area contributed by atoms with Crippen molar-refractivity contribution >= 4 is 102 Å². The van der Waals surface area contributed by atoms with Crippen molar-refractivity contribution in [3.63, 3.8) is 0 Å². The third kappa shape index (κ3) is 3.87. The van der Waals surface area contributed by atoms with Gasteiger partial charge in [0.1, 0.15) is 5.58 Å². The van der Waals surface area contributed by atoms with E-state index in [1.165, 1.54) is 51.5 Å². The molecule has 46 heavy (non-hydrogen) atoms. The zero-order valence-electron chi connectivity index (χ0n) is 24.6. The van der Waals surface area contributed by atoms with Gasteiger partial charge in [0.05, 0.1) is 10.4 Å². The zero-order valence-corrected chi connectivity index (χ0v) is 26.2. The summed E-state index contributed by atoms with van der Waals surface area (Å²) in [6.45, 7) is 0. The highest BCUT2D eigenvalue weighted by atomic mass is 32.1. The minimum atomic E-state index is 0.916. The first-order valence-electron chi connectivity index (χ1n) is 15.4. The third-order valence-electron chi connectivity index (χ3n) is 9.07. The molecular formula is C42H25NOS2. The van der Waals surface area contributed by atoms with Gasteiger partial charge in [-0.05, 0) is 59.7 Å². The number of benzene rings is 7. The molecule has 0 spiro atoms. The monoisotopic (exact) mass is 623 g/mol. The van der Waals surface area contributed by atoms with E-state index in [0.717, 1.165) is 39.0 Å². The predicted octanol–water partition coefficient (Wildman–Crippen LogP) is 13.5. The second kappa shape index (κ2) is 10.0. The van der Waals surface area contributed by atoms with Gasteiger partial charge >= 0.3 is 0 Å². The van der Waals surface area contributed by atoms with E-state index in [9.17, 15) is 0 Å². The molecule has 0 N–H and O–H groups in total. The Morgan fingerprint density at radius 2 is 1.07 bits per heavy atom. The quantitative estimate of drug-likeness (QED) is 0.194. The molecule has 0 fully saturated rings. The number of hydrogen-bond donors (Lipinski definition) is 0. The van der Waals surface area contributed by atoms with Gasteiger partial charge in [-0.25, -0.2) is 0 Å². The molecule has 216 valence electrons. The van der Waals surface area contributed by atoms with E-state index in [0.29, 0.717) is 0 Å². The highest BCUT2D eigenvalue weighted by Gasteiger charge is 2.24. The molecule has 0 aliphatic carbocycles. The van der Waals surface area contributed by atoms with Crippen molar-refractivity contribution in [3.8, 4) is 11.1 Å². The largest absolute Gasteiger partial charge is 0.455 e. The molecule has 3 aromatic heterocycles. The van der Waals surface area contributed by atoms with Crippen LogP contribution in [0, 0.1) is 0 Å². The van der Waals surface area contributed by atoms with Gasteiger partial charge in [-0.2, -0.15) is 0 Å². The Morgan fingerprint density at radius 3 is 1.89 bits per heavy atom. The maximum Gasteiger partial charge on any atom is 0.153 e. The van der Waals surface area contributed by atoms with Crippen molar-refractivity contribution < 1.29 is 4.42 Å². The van der Waals surface area contributed by atoms with Crippen LogP contribution in [0.1, 0.15) is 0 Å². The van der Waals surface area contributed by atoms with E-state index in [2.05, 4.69) is 157 Å². The smallest absolute Gasteiger partial charge is 0.153 e. The second-order valence-corrected chi connectivity index (χ2v) is 13.8. The Labute approximate surface area is 273 Å². The summed E-state index contributed by atoms with van der Waals surface area (Å²) in [5, 5.41) is 7.34. The summed E-state index contributed by atoms with van der Waals surface area (Å²) in [5.41, 5.74) is 7.69. The molecule has 10 rings (SSSR count). The lowest BCUT2D eigenvalue weighted by molar-refractivity contribution is 0.673. The van der Waals surface area contributed by atoms with Crippen LogP contribution in [0.2, 0.25) is 0 Å². The summed E-state index contributed by atoms with van der Waals surface area (Å²) in [4.78, 5) is 2.45. The molecule has 7 aromatic carbocycles. The molecule has 3 heterocycles. The van der Waals surface area contributed by atoms with E-state index in [4.69, 9.17) is 4.42 Å². The molecule has 0 saturated carbocycles. The summed E-state index contributed by atoms with van der Waals surface area (Å²) >= 11 is 3.67. The maximum atomic E-state index is 6.59. The molecule has 0 radical (unpaired) electrons. The number of fused-ring (bicyclic) bond motifs is 10. The summed E-state index contributed by atoms with van der Waals surface area (Å²) in [6, 6.07) is 54.7. The number of rotatable bonds is 4. The number of anilines is 3. The first-order chi connectivity index (χ1) is 22.8. The first-order valence-corrected chi connectivity index (χ1v) is 17.1. The Kier molecular flexibility index (Phi) is 5.65. The van der Waals surface area contributed by atoms with Crippen molar-refractivity contribution in [3.05, 3.63) is 152 Å². The SMILES string of the molecule is c1ccc(-c2ccc(N(c3ccc4c(c3)sc3ccccc34)c3cc4c5ccccc5oc4c4sc5ccccc5c34)cc2)cc1. The minimum Gasteiger partial charge on any atom is -0.455 e. The first kappa shape index (κ1) is 25.9. The fraction of sp³-hybridized carbons (Fsp3) is 0. The zero-order chi connectivity index (χ0) is 30.2. The lowest BCUT2D eigenvalue weighted by atomic mass is 10.0. The van der Waals surface area contributed by atoms with Crippen LogP contribution in [0.25, 0.3) is 73.4 Å². The highest BCUT2D eigenvalue weighted by Crippen LogP contribution is 2.50. The molecule has 2 nitrogen and oxygen atoms in total. The van der Waals surface area contributed by atoms with Gasteiger partial charge in [0, 0.05) is 57.8 Å². The Balaban J connectivity index is 1.29. The van der Waals surface area contributed by atoms with Crippen LogP contribution in [0.15, 0.2) is 156 Å². The van der Waals surface area contributed by atoms with Crippen LogP contribution >= 0.6 is 22.7 Å². The molecule has 0 atom stereocenters. The fourth-order valence-electron chi connectivity index (χ4n) is 6.94. The molecule has 0 bridgehead atoms. The van der Waals surface area contributed by atoms with Crippen molar-refractivity contribution in [1.29, 1.82) is 0 Å². The summed E-state index contributed by atoms with van der Waals surface area (Å²) < 4.78 is 11.6. The predicted molar refractivity (Wildman–Crippen MR) is 200 cm³/mol. The lowest BCUT2D eigenvalue weighted by Crippen LogP contribution is -2.10. The summed E-state index contributed by atoms with van der Waals surface area (Å²) in [6.07, 6.45) is 0. The standard InChI is InChI=1S/C42H25NOS2/c1-2-10-26(11-3-1)27-18-20-28(21-19-27)43(29-22-23-32-31-13-5-8-16-37(31)45-39(32)24-29)35-25-34-30-12-4-7-15-36(30)44-41(34)42-40(35)33-14-6-9-17-38(33)46-42/h1-25H. The van der Waals surface area contributed by atoms with Gasteiger partial charge < -0.3 is 9.32 Å². The average molecular weight is 624 g/mol. The van der Waals surface area contributed by atoms with E-state index in [-0.39, 0.29) is 0 Å². The number of para-hydroxylation sites is 1. The van der Waals surface area contributed by atoms with E-state index < -0.39 is 0 Å².